The van der Waals surface area contributed by atoms with Crippen molar-refractivity contribution in [1.29, 1.82) is 0 Å². The summed E-state index contributed by atoms with van der Waals surface area (Å²) in [7, 11) is 0. The van der Waals surface area contributed by atoms with Crippen LogP contribution in [0.3, 0.4) is 0 Å². The highest BCUT2D eigenvalue weighted by atomic mass is 16.3. The summed E-state index contributed by atoms with van der Waals surface area (Å²) in [5, 5.41) is 17.4. The Kier molecular flexibility index (Phi) is 7.15. The molecule has 0 aliphatic carbocycles. The van der Waals surface area contributed by atoms with E-state index in [-0.39, 0.29) is 6.10 Å². The summed E-state index contributed by atoms with van der Waals surface area (Å²) in [6.45, 7) is 6.35. The van der Waals surface area contributed by atoms with Gasteiger partial charge in [0.1, 0.15) is 12.7 Å². The second-order valence-corrected chi connectivity index (χ2v) is 5.74. The number of guanidine groups is 1. The standard InChI is InChI=1S/C15H28N6O/c1-2-3-7-17-15(20-9-4-6-14(22)11-20)18-8-5-10-21-13-16-12-19-21/h12-14,22H,2-11H2,1H3,(H,17,18)/t14-/m0/s1. The maximum atomic E-state index is 9.85. The van der Waals surface area contributed by atoms with Crippen molar-refractivity contribution in [3.8, 4) is 0 Å². The maximum absolute atomic E-state index is 9.85. The first-order valence-corrected chi connectivity index (χ1v) is 8.33. The molecule has 0 spiro atoms. The van der Waals surface area contributed by atoms with Gasteiger partial charge in [-0.1, -0.05) is 13.3 Å². The number of hydrogen-bond donors (Lipinski definition) is 2. The van der Waals surface area contributed by atoms with E-state index in [0.717, 1.165) is 64.2 Å². The van der Waals surface area contributed by atoms with Crippen LogP contribution in [-0.4, -0.2) is 63.0 Å². The minimum Gasteiger partial charge on any atom is -0.391 e. The zero-order valence-electron chi connectivity index (χ0n) is 13.5. The molecule has 7 heteroatoms. The highest BCUT2D eigenvalue weighted by Crippen LogP contribution is 2.10. The number of rotatable bonds is 7. The Labute approximate surface area is 132 Å². The molecule has 2 rings (SSSR count). The molecule has 0 bridgehead atoms. The minimum atomic E-state index is -0.234. The number of aliphatic hydroxyl groups excluding tert-OH is 1. The molecule has 0 aromatic carbocycles. The Morgan fingerprint density at radius 1 is 1.45 bits per heavy atom. The van der Waals surface area contributed by atoms with E-state index in [1.165, 1.54) is 0 Å². The Bertz CT molecular complexity index is 433. The molecule has 1 aliphatic rings. The lowest BCUT2D eigenvalue weighted by atomic mass is 10.1. The van der Waals surface area contributed by atoms with Crippen LogP contribution < -0.4 is 5.32 Å². The fourth-order valence-electron chi connectivity index (χ4n) is 2.56. The second-order valence-electron chi connectivity index (χ2n) is 5.74. The molecule has 1 fully saturated rings. The van der Waals surface area contributed by atoms with Gasteiger partial charge in [-0.25, -0.2) is 4.98 Å². The number of aryl methyl sites for hydroxylation is 1. The van der Waals surface area contributed by atoms with E-state index in [1.54, 1.807) is 12.7 Å². The molecule has 1 aliphatic heterocycles. The Balaban J connectivity index is 1.83. The maximum Gasteiger partial charge on any atom is 0.194 e. The van der Waals surface area contributed by atoms with Crippen molar-refractivity contribution < 1.29 is 5.11 Å². The summed E-state index contributed by atoms with van der Waals surface area (Å²) in [6.07, 6.45) is 8.19. The third-order valence-electron chi connectivity index (χ3n) is 3.78. The fraction of sp³-hybridized carbons (Fsp3) is 0.800. The first-order valence-electron chi connectivity index (χ1n) is 8.33. The number of aromatic nitrogens is 3. The van der Waals surface area contributed by atoms with Crippen LogP contribution in [0.4, 0.5) is 0 Å². The van der Waals surface area contributed by atoms with Crippen molar-refractivity contribution >= 4 is 5.96 Å². The normalized spacial score (nSPS) is 19.5. The number of nitrogens with zero attached hydrogens (tertiary/aromatic N) is 5. The average molecular weight is 308 g/mol. The van der Waals surface area contributed by atoms with Crippen molar-refractivity contribution in [1.82, 2.24) is 25.0 Å². The first-order chi connectivity index (χ1) is 10.8. The largest absolute Gasteiger partial charge is 0.391 e. The van der Waals surface area contributed by atoms with Gasteiger partial charge < -0.3 is 15.3 Å². The van der Waals surface area contributed by atoms with Gasteiger partial charge >= 0.3 is 0 Å². The number of likely N-dealkylation sites (tertiary alicyclic amines) is 1. The van der Waals surface area contributed by atoms with Crippen molar-refractivity contribution in [2.45, 2.75) is 51.7 Å². The van der Waals surface area contributed by atoms with Crippen LogP contribution in [0.2, 0.25) is 0 Å². The minimum absolute atomic E-state index is 0.234. The van der Waals surface area contributed by atoms with Gasteiger partial charge in [0.25, 0.3) is 0 Å². The highest BCUT2D eigenvalue weighted by Gasteiger charge is 2.20. The molecule has 22 heavy (non-hydrogen) atoms. The molecule has 1 saturated heterocycles. The lowest BCUT2D eigenvalue weighted by molar-refractivity contribution is 0.101. The predicted molar refractivity (Wildman–Crippen MR) is 86.7 cm³/mol. The van der Waals surface area contributed by atoms with Crippen LogP contribution in [-0.2, 0) is 6.54 Å². The topological polar surface area (TPSA) is 78.6 Å². The molecule has 1 atom stereocenters. The van der Waals surface area contributed by atoms with Gasteiger partial charge in [-0.05, 0) is 25.7 Å². The Hall–Kier alpha value is -1.63. The molecule has 0 amide bonds. The van der Waals surface area contributed by atoms with E-state index in [1.807, 2.05) is 4.68 Å². The van der Waals surface area contributed by atoms with Gasteiger partial charge in [0, 0.05) is 32.7 Å². The molecular weight excluding hydrogens is 280 g/mol. The third-order valence-corrected chi connectivity index (χ3v) is 3.78. The highest BCUT2D eigenvalue weighted by molar-refractivity contribution is 5.80. The van der Waals surface area contributed by atoms with Crippen LogP contribution in [0, 0.1) is 0 Å². The average Bonchev–Trinajstić information content (AvgIpc) is 3.03. The van der Waals surface area contributed by atoms with E-state index in [9.17, 15) is 5.11 Å². The van der Waals surface area contributed by atoms with Crippen molar-refractivity contribution in [2.24, 2.45) is 4.99 Å². The van der Waals surface area contributed by atoms with Crippen LogP contribution in [0.5, 0.6) is 0 Å². The molecule has 1 aromatic rings. The number of nitrogens with one attached hydrogen (secondary N) is 1. The molecule has 7 nitrogen and oxygen atoms in total. The lowest BCUT2D eigenvalue weighted by Crippen LogP contribution is -2.48. The van der Waals surface area contributed by atoms with E-state index in [0.29, 0.717) is 6.54 Å². The Morgan fingerprint density at radius 2 is 2.36 bits per heavy atom. The molecule has 0 unspecified atom stereocenters. The second kappa shape index (κ2) is 9.40. The van der Waals surface area contributed by atoms with Gasteiger partial charge in [0.2, 0.25) is 0 Å². The van der Waals surface area contributed by atoms with Gasteiger partial charge in [-0.3, -0.25) is 9.67 Å². The summed E-state index contributed by atoms with van der Waals surface area (Å²) in [5.74, 6) is 0.936. The number of aliphatic imine (C=N–C) groups is 1. The van der Waals surface area contributed by atoms with Gasteiger partial charge in [0.05, 0.1) is 6.10 Å². The van der Waals surface area contributed by atoms with Gasteiger partial charge in [-0.2, -0.15) is 5.10 Å². The quantitative estimate of drug-likeness (QED) is 0.444. The summed E-state index contributed by atoms with van der Waals surface area (Å²) < 4.78 is 1.82. The molecule has 2 N–H and O–H groups in total. The molecule has 2 heterocycles. The van der Waals surface area contributed by atoms with Crippen molar-refractivity contribution in [3.05, 3.63) is 12.7 Å². The van der Waals surface area contributed by atoms with E-state index in [4.69, 9.17) is 4.99 Å². The SMILES string of the molecule is CCCCNC(=NCCCn1cncn1)N1CCC[C@H](O)C1. The summed E-state index contributed by atoms with van der Waals surface area (Å²) in [4.78, 5) is 10.8. The predicted octanol–water partition coefficient (Wildman–Crippen LogP) is 0.871. The number of β-amino-alcohol motifs (C(OH)–C–C–N with tert-alkyl or cyclic N) is 1. The number of unbranched alkanes of at least 4 members (excludes halogenated alkanes) is 1. The van der Waals surface area contributed by atoms with Crippen molar-refractivity contribution in [3.63, 3.8) is 0 Å². The summed E-state index contributed by atoms with van der Waals surface area (Å²) >= 11 is 0. The van der Waals surface area contributed by atoms with Crippen LogP contribution in [0.25, 0.3) is 0 Å². The zero-order valence-corrected chi connectivity index (χ0v) is 13.5. The van der Waals surface area contributed by atoms with Gasteiger partial charge in [0.15, 0.2) is 5.96 Å². The first kappa shape index (κ1) is 16.7. The monoisotopic (exact) mass is 308 g/mol. The molecule has 0 saturated carbocycles. The molecule has 1 aromatic heterocycles. The number of hydrogen-bond acceptors (Lipinski definition) is 4. The van der Waals surface area contributed by atoms with Crippen LogP contribution in [0.1, 0.15) is 39.0 Å². The third kappa shape index (κ3) is 5.63. The molecule has 124 valence electrons. The zero-order chi connectivity index (χ0) is 15.6. The van der Waals surface area contributed by atoms with E-state index >= 15 is 0 Å². The smallest absolute Gasteiger partial charge is 0.194 e. The molecular formula is C15H28N6O. The summed E-state index contributed by atoms with van der Waals surface area (Å²) in [5.41, 5.74) is 0. The van der Waals surface area contributed by atoms with Crippen LogP contribution in [0.15, 0.2) is 17.6 Å². The van der Waals surface area contributed by atoms with Gasteiger partial charge in [-0.15, -0.1) is 0 Å². The van der Waals surface area contributed by atoms with E-state index in [2.05, 4.69) is 27.2 Å². The Morgan fingerprint density at radius 3 is 3.09 bits per heavy atom. The van der Waals surface area contributed by atoms with E-state index < -0.39 is 0 Å². The van der Waals surface area contributed by atoms with Crippen molar-refractivity contribution in [2.75, 3.05) is 26.2 Å². The number of piperidine rings is 1. The number of aliphatic hydroxyl groups is 1. The lowest BCUT2D eigenvalue weighted by Gasteiger charge is -2.33. The summed E-state index contributed by atoms with van der Waals surface area (Å²) in [6, 6.07) is 0. The van der Waals surface area contributed by atoms with Crippen LogP contribution >= 0.6 is 0 Å². The molecule has 0 radical (unpaired) electrons. The fourth-order valence-corrected chi connectivity index (χ4v) is 2.56.